The van der Waals surface area contributed by atoms with Crippen molar-refractivity contribution in [2.45, 2.75) is 30.7 Å². The second kappa shape index (κ2) is 5.93. The molecule has 3 unspecified atom stereocenters. The Kier molecular flexibility index (Phi) is 4.85. The SMILES string of the molecule is NC(N)C(N)C(N)C(N)Cc1ccccc1. The van der Waals surface area contributed by atoms with Gasteiger partial charge in [0.15, 0.2) is 0 Å². The highest BCUT2D eigenvalue weighted by Gasteiger charge is 2.23. The Labute approximate surface area is 96.0 Å². The van der Waals surface area contributed by atoms with E-state index in [1.807, 2.05) is 30.3 Å². The largest absolute Gasteiger partial charge is 0.326 e. The maximum atomic E-state index is 5.97. The molecule has 5 heteroatoms. The molecule has 0 fully saturated rings. The van der Waals surface area contributed by atoms with Crippen LogP contribution in [0.5, 0.6) is 0 Å². The van der Waals surface area contributed by atoms with Gasteiger partial charge < -0.3 is 28.7 Å². The van der Waals surface area contributed by atoms with Crippen LogP contribution in [0.4, 0.5) is 0 Å². The van der Waals surface area contributed by atoms with Crippen LogP contribution in [0, 0.1) is 0 Å². The van der Waals surface area contributed by atoms with Crippen molar-refractivity contribution >= 4 is 0 Å². The van der Waals surface area contributed by atoms with Gasteiger partial charge in [0.2, 0.25) is 0 Å². The van der Waals surface area contributed by atoms with Gasteiger partial charge in [-0.25, -0.2) is 0 Å². The third-order valence-electron chi connectivity index (χ3n) is 2.70. The van der Waals surface area contributed by atoms with Crippen molar-refractivity contribution in [2.24, 2.45) is 28.7 Å². The highest BCUT2D eigenvalue weighted by atomic mass is 15.0. The lowest BCUT2D eigenvalue weighted by Gasteiger charge is -2.28. The van der Waals surface area contributed by atoms with Gasteiger partial charge in [0.05, 0.1) is 6.17 Å². The van der Waals surface area contributed by atoms with Crippen molar-refractivity contribution in [3.63, 3.8) is 0 Å². The van der Waals surface area contributed by atoms with Gasteiger partial charge >= 0.3 is 0 Å². The van der Waals surface area contributed by atoms with Crippen LogP contribution in [0.3, 0.4) is 0 Å². The summed E-state index contributed by atoms with van der Waals surface area (Å²) in [6, 6.07) is 8.74. The van der Waals surface area contributed by atoms with Crippen molar-refractivity contribution < 1.29 is 0 Å². The molecule has 0 aliphatic heterocycles. The zero-order chi connectivity index (χ0) is 12.1. The van der Waals surface area contributed by atoms with Crippen LogP contribution in [-0.4, -0.2) is 24.3 Å². The predicted molar refractivity (Wildman–Crippen MR) is 66.2 cm³/mol. The standard InChI is InChI=1S/C11H21N5/c12-8(9(13)10(14)11(15)16)6-7-4-2-1-3-5-7/h1-5,8-11H,6,12-16H2. The molecular weight excluding hydrogens is 202 g/mol. The normalized spacial score (nSPS) is 17.1. The zero-order valence-corrected chi connectivity index (χ0v) is 9.29. The summed E-state index contributed by atoms with van der Waals surface area (Å²) < 4.78 is 0. The molecular formula is C11H21N5. The minimum atomic E-state index is -0.642. The molecule has 1 aromatic rings. The van der Waals surface area contributed by atoms with Crippen molar-refractivity contribution in [2.75, 3.05) is 0 Å². The van der Waals surface area contributed by atoms with Crippen LogP contribution < -0.4 is 28.7 Å². The average molecular weight is 223 g/mol. The number of hydrogen-bond donors (Lipinski definition) is 5. The molecule has 0 aliphatic rings. The Morgan fingerprint density at radius 3 is 1.88 bits per heavy atom. The predicted octanol–water partition coefficient (Wildman–Crippen LogP) is -1.55. The first-order chi connectivity index (χ1) is 7.52. The van der Waals surface area contributed by atoms with Crippen LogP contribution in [-0.2, 0) is 6.42 Å². The van der Waals surface area contributed by atoms with E-state index in [0.717, 1.165) is 5.56 Å². The second-order valence-corrected chi connectivity index (χ2v) is 4.09. The van der Waals surface area contributed by atoms with E-state index in [-0.39, 0.29) is 6.04 Å². The smallest absolute Gasteiger partial charge is 0.0693 e. The van der Waals surface area contributed by atoms with Gasteiger partial charge in [-0.15, -0.1) is 0 Å². The molecule has 0 radical (unpaired) electrons. The van der Waals surface area contributed by atoms with Crippen LogP contribution in [0.15, 0.2) is 30.3 Å². The Morgan fingerprint density at radius 1 is 0.812 bits per heavy atom. The third-order valence-corrected chi connectivity index (χ3v) is 2.70. The molecule has 0 saturated heterocycles. The lowest BCUT2D eigenvalue weighted by molar-refractivity contribution is 0.394. The molecule has 0 amide bonds. The van der Waals surface area contributed by atoms with Crippen molar-refractivity contribution in [3.05, 3.63) is 35.9 Å². The fourth-order valence-corrected chi connectivity index (χ4v) is 1.56. The Balaban J connectivity index is 2.55. The molecule has 16 heavy (non-hydrogen) atoms. The molecule has 5 nitrogen and oxygen atoms in total. The molecule has 0 heterocycles. The Bertz CT molecular complexity index is 301. The lowest BCUT2D eigenvalue weighted by Crippen LogP contribution is -2.63. The summed E-state index contributed by atoms with van der Waals surface area (Å²) in [7, 11) is 0. The lowest BCUT2D eigenvalue weighted by atomic mass is 9.95. The third kappa shape index (κ3) is 3.55. The van der Waals surface area contributed by atoms with E-state index in [9.17, 15) is 0 Å². The Hall–Kier alpha value is -0.980. The topological polar surface area (TPSA) is 130 Å². The first-order valence-electron chi connectivity index (χ1n) is 5.34. The van der Waals surface area contributed by atoms with Crippen molar-refractivity contribution in [3.8, 4) is 0 Å². The molecule has 3 atom stereocenters. The summed E-state index contributed by atoms with van der Waals surface area (Å²) in [5.74, 6) is 0. The van der Waals surface area contributed by atoms with Gasteiger partial charge in [0.25, 0.3) is 0 Å². The first kappa shape index (κ1) is 13.1. The fraction of sp³-hybridized carbons (Fsp3) is 0.455. The summed E-state index contributed by atoms with van der Waals surface area (Å²) in [6.45, 7) is 0. The van der Waals surface area contributed by atoms with E-state index >= 15 is 0 Å². The molecule has 0 aromatic heterocycles. The van der Waals surface area contributed by atoms with Gasteiger partial charge in [-0.2, -0.15) is 0 Å². The van der Waals surface area contributed by atoms with Crippen molar-refractivity contribution in [1.29, 1.82) is 0 Å². The molecule has 1 aromatic carbocycles. The monoisotopic (exact) mass is 223 g/mol. The maximum Gasteiger partial charge on any atom is 0.0693 e. The molecule has 1 rings (SSSR count). The van der Waals surface area contributed by atoms with Crippen LogP contribution in [0.1, 0.15) is 5.56 Å². The maximum absolute atomic E-state index is 5.97. The number of nitrogens with two attached hydrogens (primary N) is 5. The first-order valence-corrected chi connectivity index (χ1v) is 5.34. The summed E-state index contributed by atoms with van der Waals surface area (Å²) in [4.78, 5) is 0. The number of rotatable bonds is 5. The average Bonchev–Trinajstić information content (AvgIpc) is 2.28. The highest BCUT2D eigenvalue weighted by molar-refractivity contribution is 5.16. The summed E-state index contributed by atoms with van der Waals surface area (Å²) in [5, 5.41) is 0. The second-order valence-electron chi connectivity index (χ2n) is 4.09. The van der Waals surface area contributed by atoms with Gasteiger partial charge in [-0.1, -0.05) is 30.3 Å². The fourth-order valence-electron chi connectivity index (χ4n) is 1.56. The van der Waals surface area contributed by atoms with Crippen LogP contribution in [0.2, 0.25) is 0 Å². The highest BCUT2D eigenvalue weighted by Crippen LogP contribution is 2.05. The minimum Gasteiger partial charge on any atom is -0.326 e. The van der Waals surface area contributed by atoms with Crippen LogP contribution in [0.25, 0.3) is 0 Å². The molecule has 0 bridgehead atoms. The zero-order valence-electron chi connectivity index (χ0n) is 9.29. The summed E-state index contributed by atoms with van der Waals surface area (Å²) in [6.07, 6.45) is 0.0272. The Morgan fingerprint density at radius 2 is 1.38 bits per heavy atom. The molecule has 0 saturated carbocycles. The quantitative estimate of drug-likeness (QED) is 0.386. The van der Waals surface area contributed by atoms with E-state index in [1.165, 1.54) is 0 Å². The van der Waals surface area contributed by atoms with Gasteiger partial charge in [-0.05, 0) is 12.0 Å². The van der Waals surface area contributed by atoms with Gasteiger partial charge in [-0.3, -0.25) is 0 Å². The molecule has 0 spiro atoms. The molecule has 10 N–H and O–H groups in total. The minimum absolute atomic E-state index is 0.244. The summed E-state index contributed by atoms with van der Waals surface area (Å²) in [5.41, 5.74) is 29.7. The summed E-state index contributed by atoms with van der Waals surface area (Å²) >= 11 is 0. The van der Waals surface area contributed by atoms with Gasteiger partial charge in [0.1, 0.15) is 0 Å². The van der Waals surface area contributed by atoms with Crippen molar-refractivity contribution in [1.82, 2.24) is 0 Å². The van der Waals surface area contributed by atoms with E-state index in [1.54, 1.807) is 0 Å². The van der Waals surface area contributed by atoms with E-state index < -0.39 is 18.2 Å². The number of hydrogen-bond acceptors (Lipinski definition) is 5. The molecule has 0 aliphatic carbocycles. The molecule has 90 valence electrons. The van der Waals surface area contributed by atoms with E-state index in [0.29, 0.717) is 6.42 Å². The number of benzene rings is 1. The van der Waals surface area contributed by atoms with Gasteiger partial charge in [0, 0.05) is 18.1 Å². The van der Waals surface area contributed by atoms with E-state index in [2.05, 4.69) is 0 Å². The van der Waals surface area contributed by atoms with Crippen LogP contribution >= 0.6 is 0 Å². The van der Waals surface area contributed by atoms with E-state index in [4.69, 9.17) is 28.7 Å².